The van der Waals surface area contributed by atoms with E-state index < -0.39 is 30.1 Å². The fourth-order valence-corrected chi connectivity index (χ4v) is 3.63. The fraction of sp³-hybridized carbons (Fsp3) is 0.654. The number of nitrogens with one attached hydrogen (secondary N) is 3. The molecule has 7 nitrogen and oxygen atoms in total. The van der Waals surface area contributed by atoms with Crippen LogP contribution >= 0.6 is 0 Å². The van der Waals surface area contributed by atoms with Crippen LogP contribution in [-0.2, 0) is 20.8 Å². The quantitative estimate of drug-likeness (QED) is 0.362. The Kier molecular flexibility index (Phi) is 12.1. The minimum atomic E-state index is -0.795. The lowest BCUT2D eigenvalue weighted by Gasteiger charge is -2.29. The van der Waals surface area contributed by atoms with Gasteiger partial charge in [0.15, 0.2) is 0 Å². The lowest BCUT2D eigenvalue weighted by molar-refractivity contribution is -0.133. The highest BCUT2D eigenvalue weighted by atomic mass is 16.3. The van der Waals surface area contributed by atoms with Crippen LogP contribution in [0.15, 0.2) is 30.3 Å². The van der Waals surface area contributed by atoms with Gasteiger partial charge in [-0.2, -0.15) is 0 Å². The van der Waals surface area contributed by atoms with Gasteiger partial charge in [0.25, 0.3) is 0 Å². The topological polar surface area (TPSA) is 108 Å². The van der Waals surface area contributed by atoms with Gasteiger partial charge in [-0.15, -0.1) is 0 Å². The van der Waals surface area contributed by atoms with Crippen molar-refractivity contribution >= 4 is 17.7 Å². The molecule has 0 fully saturated rings. The van der Waals surface area contributed by atoms with Crippen LogP contribution in [0.25, 0.3) is 0 Å². The summed E-state index contributed by atoms with van der Waals surface area (Å²) >= 11 is 0. The molecule has 0 radical (unpaired) electrons. The molecule has 0 heterocycles. The molecule has 0 unspecified atom stereocenters. The molecule has 0 saturated carbocycles. The Morgan fingerprint density at radius 2 is 1.42 bits per heavy atom. The third-order valence-electron chi connectivity index (χ3n) is 5.41. The Balaban J connectivity index is 3.00. The molecular formula is C26H43N3O4. The summed E-state index contributed by atoms with van der Waals surface area (Å²) in [5.41, 5.74) is 0.916. The smallest absolute Gasteiger partial charge is 0.243 e. The second kappa shape index (κ2) is 14.0. The molecule has 186 valence electrons. The second-order valence-electron chi connectivity index (χ2n) is 10.1. The molecule has 3 amide bonds. The maximum absolute atomic E-state index is 13.2. The van der Waals surface area contributed by atoms with E-state index >= 15 is 0 Å². The molecule has 0 aliphatic carbocycles. The van der Waals surface area contributed by atoms with Crippen LogP contribution in [0, 0.1) is 17.8 Å². The first-order chi connectivity index (χ1) is 15.4. The monoisotopic (exact) mass is 461 g/mol. The molecule has 33 heavy (non-hydrogen) atoms. The second-order valence-corrected chi connectivity index (χ2v) is 10.1. The van der Waals surface area contributed by atoms with Crippen LogP contribution in [0.4, 0.5) is 0 Å². The van der Waals surface area contributed by atoms with Gasteiger partial charge in [-0.25, -0.2) is 0 Å². The Labute approximate surface area is 199 Å². The van der Waals surface area contributed by atoms with Gasteiger partial charge in [0.05, 0.1) is 12.1 Å². The maximum atomic E-state index is 13.2. The van der Waals surface area contributed by atoms with Crippen LogP contribution in [0.3, 0.4) is 0 Å². The number of carbonyl (C=O) groups is 3. The van der Waals surface area contributed by atoms with Crippen molar-refractivity contribution in [3.05, 3.63) is 35.9 Å². The van der Waals surface area contributed by atoms with E-state index in [1.165, 1.54) is 0 Å². The summed E-state index contributed by atoms with van der Waals surface area (Å²) in [5, 5.41) is 18.7. The van der Waals surface area contributed by atoms with Gasteiger partial charge < -0.3 is 21.1 Å². The zero-order valence-electron chi connectivity index (χ0n) is 21.2. The predicted molar refractivity (Wildman–Crippen MR) is 131 cm³/mol. The van der Waals surface area contributed by atoms with Crippen LogP contribution in [-0.4, -0.2) is 47.1 Å². The Morgan fingerprint density at radius 3 is 1.91 bits per heavy atom. The van der Waals surface area contributed by atoms with Crippen LogP contribution in [0.1, 0.15) is 66.9 Å². The summed E-state index contributed by atoms with van der Waals surface area (Å²) in [4.78, 5) is 38.7. The van der Waals surface area contributed by atoms with Crippen molar-refractivity contribution in [3.63, 3.8) is 0 Å². The number of rotatable bonds is 13. The molecule has 0 aliphatic rings. The molecule has 7 heteroatoms. The number of benzene rings is 1. The van der Waals surface area contributed by atoms with Crippen LogP contribution < -0.4 is 16.0 Å². The third kappa shape index (κ3) is 10.8. The highest BCUT2D eigenvalue weighted by Gasteiger charge is 2.31. The van der Waals surface area contributed by atoms with Crippen molar-refractivity contribution in [1.29, 1.82) is 0 Å². The highest BCUT2D eigenvalue weighted by Crippen LogP contribution is 2.11. The zero-order valence-corrected chi connectivity index (χ0v) is 21.2. The summed E-state index contributed by atoms with van der Waals surface area (Å²) < 4.78 is 0. The third-order valence-corrected chi connectivity index (χ3v) is 5.41. The Morgan fingerprint density at radius 1 is 0.818 bits per heavy atom. The molecular weight excluding hydrogens is 418 g/mol. The van der Waals surface area contributed by atoms with E-state index in [2.05, 4.69) is 16.0 Å². The van der Waals surface area contributed by atoms with Gasteiger partial charge in [-0.1, -0.05) is 71.9 Å². The molecule has 4 atom stereocenters. The Bertz CT molecular complexity index is 747. The van der Waals surface area contributed by atoms with Gasteiger partial charge in [0.1, 0.15) is 12.1 Å². The van der Waals surface area contributed by atoms with Gasteiger partial charge in [0, 0.05) is 12.8 Å². The van der Waals surface area contributed by atoms with Gasteiger partial charge >= 0.3 is 0 Å². The van der Waals surface area contributed by atoms with Gasteiger partial charge in [-0.3, -0.25) is 14.4 Å². The van der Waals surface area contributed by atoms with E-state index in [0.29, 0.717) is 25.2 Å². The number of hydrogen-bond acceptors (Lipinski definition) is 4. The normalized spacial score (nSPS) is 15.1. The molecule has 0 saturated heterocycles. The molecule has 1 aromatic carbocycles. The van der Waals surface area contributed by atoms with Crippen molar-refractivity contribution in [1.82, 2.24) is 16.0 Å². The average molecular weight is 462 g/mol. The first-order valence-corrected chi connectivity index (χ1v) is 12.0. The van der Waals surface area contributed by atoms with Crippen molar-refractivity contribution in [2.45, 2.75) is 92.0 Å². The van der Waals surface area contributed by atoms with Crippen LogP contribution in [0.2, 0.25) is 0 Å². The molecule has 1 rings (SSSR count). The zero-order chi connectivity index (χ0) is 25.1. The summed E-state index contributed by atoms with van der Waals surface area (Å²) in [6, 6.07) is 7.49. The number of aliphatic hydroxyl groups is 1. The van der Waals surface area contributed by atoms with E-state index in [0.717, 1.165) is 5.56 Å². The molecule has 0 spiro atoms. The Hall–Kier alpha value is -2.41. The van der Waals surface area contributed by atoms with Crippen molar-refractivity contribution in [2.24, 2.45) is 17.8 Å². The number of amides is 3. The van der Waals surface area contributed by atoms with E-state index in [9.17, 15) is 19.5 Å². The number of carbonyl (C=O) groups excluding carboxylic acids is 3. The van der Waals surface area contributed by atoms with Crippen molar-refractivity contribution < 1.29 is 19.5 Å². The molecule has 0 aliphatic heterocycles. The summed E-state index contributed by atoms with van der Waals surface area (Å²) in [6.45, 7) is 13.3. The minimum absolute atomic E-state index is 0.165. The van der Waals surface area contributed by atoms with E-state index in [1.54, 1.807) is 6.92 Å². The summed E-state index contributed by atoms with van der Waals surface area (Å²) in [7, 11) is 0. The number of hydrogen-bond donors (Lipinski definition) is 4. The van der Waals surface area contributed by atoms with Gasteiger partial charge in [-0.05, 0) is 36.7 Å². The van der Waals surface area contributed by atoms with Crippen molar-refractivity contribution in [2.75, 3.05) is 0 Å². The summed E-state index contributed by atoms with van der Waals surface area (Å²) in [6.07, 6.45) is 0.565. The van der Waals surface area contributed by atoms with Gasteiger partial charge in [0.2, 0.25) is 17.7 Å². The largest absolute Gasteiger partial charge is 0.391 e. The minimum Gasteiger partial charge on any atom is -0.391 e. The SMILES string of the molecule is CC(C)CC(=O)N[C@@H](Cc1ccccc1)C(=O)N[C@H](C(=O)N[C@@H](CC(C)C)[C@H](C)O)C(C)C. The highest BCUT2D eigenvalue weighted by molar-refractivity contribution is 5.92. The van der Waals surface area contributed by atoms with Crippen LogP contribution in [0.5, 0.6) is 0 Å². The first kappa shape index (κ1) is 28.6. The molecule has 1 aromatic rings. The molecule has 4 N–H and O–H groups in total. The molecule has 0 aromatic heterocycles. The summed E-state index contributed by atoms with van der Waals surface area (Å²) in [5.74, 6) is -0.648. The lowest BCUT2D eigenvalue weighted by atomic mass is 9.97. The average Bonchev–Trinajstić information content (AvgIpc) is 2.70. The molecule has 0 bridgehead atoms. The standard InChI is InChI=1S/C26H43N3O4/c1-16(2)13-21(19(7)30)28-26(33)24(18(5)6)29-25(32)22(27-23(31)14-17(3)4)15-20-11-9-8-10-12-20/h8-12,16-19,21-22,24,30H,13-15H2,1-7H3,(H,27,31)(H,28,33)(H,29,32)/t19-,21-,22-,24-/m0/s1. The van der Waals surface area contributed by atoms with E-state index in [4.69, 9.17) is 0 Å². The maximum Gasteiger partial charge on any atom is 0.243 e. The number of aliphatic hydroxyl groups excluding tert-OH is 1. The van der Waals surface area contributed by atoms with Crippen molar-refractivity contribution in [3.8, 4) is 0 Å². The van der Waals surface area contributed by atoms with E-state index in [1.807, 2.05) is 71.9 Å². The predicted octanol–water partition coefficient (Wildman–Crippen LogP) is 2.81. The van der Waals surface area contributed by atoms with E-state index in [-0.39, 0.29) is 23.7 Å². The first-order valence-electron chi connectivity index (χ1n) is 12.0. The lowest BCUT2D eigenvalue weighted by Crippen LogP contribution is -2.58. The fourth-order valence-electron chi connectivity index (χ4n) is 3.63.